The molecule has 1 saturated heterocycles. The average Bonchev–Trinajstić information content (AvgIpc) is 2.28. The van der Waals surface area contributed by atoms with Gasteiger partial charge in [0.25, 0.3) is 0 Å². The van der Waals surface area contributed by atoms with Crippen molar-refractivity contribution in [1.82, 2.24) is 4.90 Å². The first-order chi connectivity index (χ1) is 8.38. The highest BCUT2D eigenvalue weighted by Crippen LogP contribution is 2.38. The molecule has 2 heteroatoms. The molecule has 1 nitrogen and oxygen atoms in total. The van der Waals surface area contributed by atoms with Gasteiger partial charge < -0.3 is 0 Å². The van der Waals surface area contributed by atoms with Crippen LogP contribution >= 0.6 is 0 Å². The van der Waals surface area contributed by atoms with Crippen molar-refractivity contribution in [1.29, 1.82) is 0 Å². The molecule has 2 rings (SSSR count). The molecular formula is C16H24FN. The maximum Gasteiger partial charge on any atom is 0.123 e. The summed E-state index contributed by atoms with van der Waals surface area (Å²) in [7, 11) is 0. The molecule has 1 fully saturated rings. The van der Waals surface area contributed by atoms with Gasteiger partial charge in [-0.3, -0.25) is 4.90 Å². The van der Waals surface area contributed by atoms with Gasteiger partial charge in [0.2, 0.25) is 0 Å². The van der Waals surface area contributed by atoms with Crippen LogP contribution in [0.25, 0.3) is 0 Å². The molecule has 0 radical (unpaired) electrons. The Bertz CT molecular complexity index is 391. The van der Waals surface area contributed by atoms with Gasteiger partial charge in [0.05, 0.1) is 0 Å². The molecule has 100 valence electrons. The van der Waals surface area contributed by atoms with Crippen LogP contribution in [-0.4, -0.2) is 17.0 Å². The first-order valence-electron chi connectivity index (χ1n) is 6.90. The Labute approximate surface area is 110 Å². The monoisotopic (exact) mass is 249 g/mol. The van der Waals surface area contributed by atoms with E-state index >= 15 is 0 Å². The Kier molecular flexibility index (Phi) is 3.76. The third-order valence-corrected chi connectivity index (χ3v) is 3.98. The topological polar surface area (TPSA) is 3.24 Å². The van der Waals surface area contributed by atoms with Crippen molar-refractivity contribution in [2.45, 2.75) is 52.1 Å². The van der Waals surface area contributed by atoms with Crippen molar-refractivity contribution < 1.29 is 4.39 Å². The van der Waals surface area contributed by atoms with Gasteiger partial charge in [-0.15, -0.1) is 0 Å². The minimum Gasteiger partial charge on any atom is -0.291 e. The van der Waals surface area contributed by atoms with E-state index in [9.17, 15) is 4.39 Å². The SMILES string of the molecule is CC1CCN(C(C)(C)C)[C@H](c2ccc(F)cc2)C1. The van der Waals surface area contributed by atoms with Crippen LogP contribution in [0.3, 0.4) is 0 Å². The number of nitrogens with zero attached hydrogens (tertiary/aromatic N) is 1. The summed E-state index contributed by atoms with van der Waals surface area (Å²) < 4.78 is 13.0. The zero-order valence-electron chi connectivity index (χ0n) is 11.9. The van der Waals surface area contributed by atoms with Crippen molar-refractivity contribution in [2.24, 2.45) is 5.92 Å². The van der Waals surface area contributed by atoms with E-state index < -0.39 is 0 Å². The minimum atomic E-state index is -0.148. The number of halogens is 1. The molecule has 1 aliphatic rings. The standard InChI is InChI=1S/C16H24FN/c1-12-9-10-18(16(2,3)4)15(11-12)13-5-7-14(17)8-6-13/h5-8,12,15H,9-11H2,1-4H3/t12?,15-/m0/s1. The molecule has 0 bridgehead atoms. The summed E-state index contributed by atoms with van der Waals surface area (Å²) in [6, 6.07) is 7.47. The first kappa shape index (κ1) is 13.5. The lowest BCUT2D eigenvalue weighted by Gasteiger charge is -2.46. The molecule has 1 aromatic rings. The quantitative estimate of drug-likeness (QED) is 0.713. The summed E-state index contributed by atoms with van der Waals surface area (Å²) in [5.41, 5.74) is 1.41. The van der Waals surface area contributed by atoms with Crippen molar-refractivity contribution >= 4 is 0 Å². The summed E-state index contributed by atoms with van der Waals surface area (Å²) in [6.45, 7) is 10.2. The summed E-state index contributed by atoms with van der Waals surface area (Å²) in [5.74, 6) is 0.601. The summed E-state index contributed by atoms with van der Waals surface area (Å²) in [4.78, 5) is 2.56. The fraction of sp³-hybridized carbons (Fsp3) is 0.625. The molecule has 0 amide bonds. The number of rotatable bonds is 1. The number of hydrogen-bond donors (Lipinski definition) is 0. The highest BCUT2D eigenvalue weighted by Gasteiger charge is 2.34. The molecule has 0 aromatic heterocycles. The Hall–Kier alpha value is -0.890. The van der Waals surface area contributed by atoms with Crippen LogP contribution in [0.4, 0.5) is 4.39 Å². The zero-order valence-corrected chi connectivity index (χ0v) is 11.9. The number of likely N-dealkylation sites (tertiary alicyclic amines) is 1. The van der Waals surface area contributed by atoms with E-state index in [1.165, 1.54) is 18.4 Å². The molecule has 1 aliphatic heterocycles. The third-order valence-electron chi connectivity index (χ3n) is 3.98. The van der Waals surface area contributed by atoms with E-state index in [-0.39, 0.29) is 11.4 Å². The van der Waals surface area contributed by atoms with E-state index in [0.717, 1.165) is 12.5 Å². The molecule has 18 heavy (non-hydrogen) atoms. The van der Waals surface area contributed by atoms with Gasteiger partial charge in [-0.1, -0.05) is 19.1 Å². The summed E-state index contributed by atoms with van der Waals surface area (Å²) in [5, 5.41) is 0. The smallest absolute Gasteiger partial charge is 0.123 e. The number of hydrogen-bond acceptors (Lipinski definition) is 1. The van der Waals surface area contributed by atoms with Crippen LogP contribution in [0.2, 0.25) is 0 Å². The molecule has 1 heterocycles. The highest BCUT2D eigenvalue weighted by molar-refractivity contribution is 5.21. The second-order valence-corrected chi connectivity index (χ2v) is 6.56. The fourth-order valence-corrected chi connectivity index (χ4v) is 2.95. The van der Waals surface area contributed by atoms with E-state index in [1.807, 2.05) is 12.1 Å². The lowest BCUT2D eigenvalue weighted by atomic mass is 9.85. The summed E-state index contributed by atoms with van der Waals surface area (Å²) in [6.07, 6.45) is 2.43. The van der Waals surface area contributed by atoms with Gasteiger partial charge in [0, 0.05) is 11.6 Å². The Morgan fingerprint density at radius 2 is 1.78 bits per heavy atom. The molecule has 0 saturated carbocycles. The number of benzene rings is 1. The normalized spacial score (nSPS) is 26.3. The molecule has 0 N–H and O–H groups in total. The van der Waals surface area contributed by atoms with E-state index in [4.69, 9.17) is 0 Å². The van der Waals surface area contributed by atoms with Gasteiger partial charge >= 0.3 is 0 Å². The lowest BCUT2D eigenvalue weighted by Crippen LogP contribution is -2.47. The second kappa shape index (κ2) is 5.00. The minimum absolute atomic E-state index is 0.148. The molecule has 2 atom stereocenters. The predicted molar refractivity (Wildman–Crippen MR) is 74.0 cm³/mol. The van der Waals surface area contributed by atoms with Gasteiger partial charge in [0.15, 0.2) is 0 Å². The average molecular weight is 249 g/mol. The van der Waals surface area contributed by atoms with Crippen molar-refractivity contribution in [3.05, 3.63) is 35.6 Å². The number of piperidine rings is 1. The highest BCUT2D eigenvalue weighted by atomic mass is 19.1. The molecule has 0 aliphatic carbocycles. The zero-order chi connectivity index (χ0) is 13.3. The predicted octanol–water partition coefficient (Wildman–Crippen LogP) is 4.40. The molecule has 1 unspecified atom stereocenters. The second-order valence-electron chi connectivity index (χ2n) is 6.56. The third kappa shape index (κ3) is 2.92. The van der Waals surface area contributed by atoms with Gasteiger partial charge in [-0.2, -0.15) is 0 Å². The van der Waals surface area contributed by atoms with Crippen LogP contribution < -0.4 is 0 Å². The lowest BCUT2D eigenvalue weighted by molar-refractivity contribution is 0.0326. The Morgan fingerprint density at radius 1 is 1.17 bits per heavy atom. The van der Waals surface area contributed by atoms with Crippen molar-refractivity contribution in [3.8, 4) is 0 Å². The van der Waals surface area contributed by atoms with Crippen LogP contribution in [-0.2, 0) is 0 Å². The molecule has 1 aromatic carbocycles. The van der Waals surface area contributed by atoms with Gasteiger partial charge in [-0.25, -0.2) is 4.39 Å². The molecular weight excluding hydrogens is 225 g/mol. The van der Waals surface area contributed by atoms with Crippen LogP contribution in [0, 0.1) is 11.7 Å². The Balaban J connectivity index is 2.28. The maximum absolute atomic E-state index is 13.0. The fourth-order valence-electron chi connectivity index (χ4n) is 2.95. The van der Waals surface area contributed by atoms with Crippen molar-refractivity contribution in [3.63, 3.8) is 0 Å². The summed E-state index contributed by atoms with van der Waals surface area (Å²) >= 11 is 0. The maximum atomic E-state index is 13.0. The van der Waals surface area contributed by atoms with E-state index in [2.05, 4.69) is 32.6 Å². The van der Waals surface area contributed by atoms with Crippen LogP contribution in [0.5, 0.6) is 0 Å². The largest absolute Gasteiger partial charge is 0.291 e. The van der Waals surface area contributed by atoms with Gasteiger partial charge in [0.1, 0.15) is 5.82 Å². The first-order valence-corrected chi connectivity index (χ1v) is 6.90. The van der Waals surface area contributed by atoms with Crippen molar-refractivity contribution in [2.75, 3.05) is 6.54 Å². The van der Waals surface area contributed by atoms with Crippen LogP contribution in [0.1, 0.15) is 52.1 Å². The molecule has 0 spiro atoms. The van der Waals surface area contributed by atoms with E-state index in [0.29, 0.717) is 6.04 Å². The van der Waals surface area contributed by atoms with Crippen LogP contribution in [0.15, 0.2) is 24.3 Å². The Morgan fingerprint density at radius 3 is 2.33 bits per heavy atom. The van der Waals surface area contributed by atoms with E-state index in [1.54, 1.807) is 12.1 Å². The van der Waals surface area contributed by atoms with Gasteiger partial charge in [-0.05, 0) is 63.8 Å².